The molecule has 3 heterocycles. The number of carbonyl (C=O) groups excluding carboxylic acids is 1. The van der Waals surface area contributed by atoms with E-state index in [0.29, 0.717) is 12.2 Å². The molecule has 1 amide bonds. The minimum atomic E-state index is -0.218. The molecule has 0 radical (unpaired) electrons. The van der Waals surface area contributed by atoms with Gasteiger partial charge in [0.15, 0.2) is 0 Å². The lowest BCUT2D eigenvalue weighted by atomic mass is 10.2. The van der Waals surface area contributed by atoms with Gasteiger partial charge in [-0.15, -0.1) is 0 Å². The number of amides is 1. The largest absolute Gasteiger partial charge is 0.376 e. The molecule has 2 fully saturated rings. The van der Waals surface area contributed by atoms with Crippen LogP contribution in [0.25, 0.3) is 0 Å². The minimum absolute atomic E-state index is 0.117. The highest BCUT2D eigenvalue weighted by atomic mass is 19.1. The van der Waals surface area contributed by atoms with Crippen molar-refractivity contribution in [2.75, 3.05) is 49.1 Å². The van der Waals surface area contributed by atoms with Crippen molar-refractivity contribution in [1.82, 2.24) is 10.3 Å². The normalized spacial score (nSPS) is 19.7. The molecule has 148 valence electrons. The van der Waals surface area contributed by atoms with Crippen LogP contribution in [0.1, 0.15) is 23.3 Å². The zero-order chi connectivity index (χ0) is 19.3. The van der Waals surface area contributed by atoms with E-state index in [1.54, 1.807) is 6.20 Å². The van der Waals surface area contributed by atoms with Crippen LogP contribution in [-0.2, 0) is 4.74 Å². The van der Waals surface area contributed by atoms with Crippen LogP contribution in [0.5, 0.6) is 0 Å². The molecular formula is C21H25FN4O2. The van der Waals surface area contributed by atoms with E-state index in [9.17, 15) is 9.18 Å². The highest BCUT2D eigenvalue weighted by molar-refractivity contribution is 5.93. The number of nitrogens with one attached hydrogen (secondary N) is 1. The molecular weight excluding hydrogens is 359 g/mol. The molecule has 2 saturated heterocycles. The zero-order valence-electron chi connectivity index (χ0n) is 15.8. The fourth-order valence-electron chi connectivity index (χ4n) is 3.72. The van der Waals surface area contributed by atoms with Gasteiger partial charge in [0.1, 0.15) is 11.5 Å². The maximum atomic E-state index is 13.1. The number of ether oxygens (including phenoxy) is 1. The average Bonchev–Trinajstić information content (AvgIpc) is 3.26. The Morgan fingerprint density at radius 2 is 1.82 bits per heavy atom. The van der Waals surface area contributed by atoms with Gasteiger partial charge in [0.05, 0.1) is 6.10 Å². The molecule has 1 aromatic carbocycles. The van der Waals surface area contributed by atoms with E-state index in [2.05, 4.69) is 20.1 Å². The third kappa shape index (κ3) is 4.42. The molecule has 2 aromatic rings. The lowest BCUT2D eigenvalue weighted by Crippen LogP contribution is -2.46. The summed E-state index contributed by atoms with van der Waals surface area (Å²) in [5.74, 6) is -0.383. The Morgan fingerprint density at radius 3 is 2.50 bits per heavy atom. The monoisotopic (exact) mass is 384 g/mol. The summed E-state index contributed by atoms with van der Waals surface area (Å²) in [6, 6.07) is 10.4. The van der Waals surface area contributed by atoms with Gasteiger partial charge in [0, 0.05) is 56.9 Å². The second-order valence-corrected chi connectivity index (χ2v) is 7.19. The Balaban J connectivity index is 1.34. The van der Waals surface area contributed by atoms with Crippen LogP contribution in [0.4, 0.5) is 15.8 Å². The van der Waals surface area contributed by atoms with Crippen molar-refractivity contribution in [3.05, 3.63) is 54.1 Å². The van der Waals surface area contributed by atoms with E-state index in [1.165, 1.54) is 12.1 Å². The number of hydrogen-bond donors (Lipinski definition) is 1. The van der Waals surface area contributed by atoms with Crippen LogP contribution in [0.2, 0.25) is 0 Å². The van der Waals surface area contributed by atoms with E-state index in [1.807, 2.05) is 24.3 Å². The number of benzene rings is 1. The van der Waals surface area contributed by atoms with E-state index in [-0.39, 0.29) is 17.8 Å². The predicted molar refractivity (Wildman–Crippen MR) is 106 cm³/mol. The standard InChI is InChI=1S/C21H25FN4O2/c22-16-3-5-17(6-4-16)25-9-11-26(12-10-25)18-7-8-23-20(14-18)21(27)24-15-19-2-1-13-28-19/h3-8,14,19H,1-2,9-13,15H2,(H,24,27). The van der Waals surface area contributed by atoms with Crippen molar-refractivity contribution in [3.8, 4) is 0 Å². The van der Waals surface area contributed by atoms with Gasteiger partial charge in [-0.25, -0.2) is 4.39 Å². The maximum absolute atomic E-state index is 13.1. The molecule has 1 aromatic heterocycles. The van der Waals surface area contributed by atoms with E-state index < -0.39 is 0 Å². The molecule has 4 rings (SSSR count). The van der Waals surface area contributed by atoms with Crippen molar-refractivity contribution in [2.45, 2.75) is 18.9 Å². The zero-order valence-corrected chi connectivity index (χ0v) is 15.8. The van der Waals surface area contributed by atoms with E-state index >= 15 is 0 Å². The molecule has 6 nitrogen and oxygen atoms in total. The number of halogens is 1. The summed E-state index contributed by atoms with van der Waals surface area (Å²) in [6.07, 6.45) is 3.85. The van der Waals surface area contributed by atoms with Crippen molar-refractivity contribution in [3.63, 3.8) is 0 Å². The van der Waals surface area contributed by atoms with Crippen molar-refractivity contribution in [1.29, 1.82) is 0 Å². The highest BCUT2D eigenvalue weighted by Gasteiger charge is 2.20. The van der Waals surface area contributed by atoms with Gasteiger partial charge in [-0.3, -0.25) is 9.78 Å². The van der Waals surface area contributed by atoms with Crippen LogP contribution >= 0.6 is 0 Å². The molecule has 2 aliphatic rings. The van der Waals surface area contributed by atoms with Gasteiger partial charge in [0.25, 0.3) is 5.91 Å². The van der Waals surface area contributed by atoms with Gasteiger partial charge in [0.2, 0.25) is 0 Å². The van der Waals surface area contributed by atoms with Crippen LogP contribution < -0.4 is 15.1 Å². The number of hydrogen-bond acceptors (Lipinski definition) is 5. The lowest BCUT2D eigenvalue weighted by Gasteiger charge is -2.37. The van der Waals surface area contributed by atoms with Gasteiger partial charge in [-0.2, -0.15) is 0 Å². The number of nitrogens with zero attached hydrogens (tertiary/aromatic N) is 3. The predicted octanol–water partition coefficient (Wildman–Crippen LogP) is 2.46. The third-order valence-corrected chi connectivity index (χ3v) is 5.33. The van der Waals surface area contributed by atoms with Crippen LogP contribution in [-0.4, -0.2) is 56.3 Å². The third-order valence-electron chi connectivity index (χ3n) is 5.33. The SMILES string of the molecule is O=C(NCC1CCCO1)c1cc(N2CCN(c3ccc(F)cc3)CC2)ccn1. The van der Waals surface area contributed by atoms with Crippen molar-refractivity contribution in [2.24, 2.45) is 0 Å². The fourth-order valence-corrected chi connectivity index (χ4v) is 3.72. The summed E-state index contributed by atoms with van der Waals surface area (Å²) in [4.78, 5) is 21.1. The second kappa shape index (κ2) is 8.56. The van der Waals surface area contributed by atoms with Crippen LogP contribution in [0.15, 0.2) is 42.6 Å². The summed E-state index contributed by atoms with van der Waals surface area (Å²) >= 11 is 0. The maximum Gasteiger partial charge on any atom is 0.270 e. The Kier molecular flexibility index (Phi) is 5.71. The lowest BCUT2D eigenvalue weighted by molar-refractivity contribution is 0.0853. The van der Waals surface area contributed by atoms with Gasteiger partial charge in [-0.1, -0.05) is 0 Å². The number of carbonyl (C=O) groups is 1. The number of pyridine rings is 1. The molecule has 7 heteroatoms. The van der Waals surface area contributed by atoms with Crippen LogP contribution in [0.3, 0.4) is 0 Å². The average molecular weight is 384 g/mol. The summed E-state index contributed by atoms with van der Waals surface area (Å²) in [5.41, 5.74) is 2.46. The molecule has 0 aliphatic carbocycles. The molecule has 28 heavy (non-hydrogen) atoms. The minimum Gasteiger partial charge on any atom is -0.376 e. The summed E-state index contributed by atoms with van der Waals surface area (Å²) < 4.78 is 18.7. The molecule has 0 saturated carbocycles. The smallest absolute Gasteiger partial charge is 0.270 e. The van der Waals surface area contributed by atoms with Crippen molar-refractivity contribution < 1.29 is 13.9 Å². The fraction of sp³-hybridized carbons (Fsp3) is 0.429. The first-order valence-corrected chi connectivity index (χ1v) is 9.80. The Bertz CT molecular complexity index is 800. The highest BCUT2D eigenvalue weighted by Crippen LogP contribution is 2.21. The molecule has 2 aliphatic heterocycles. The van der Waals surface area contributed by atoms with Gasteiger partial charge >= 0.3 is 0 Å². The summed E-state index contributed by atoms with van der Waals surface area (Å²) in [7, 11) is 0. The second-order valence-electron chi connectivity index (χ2n) is 7.19. The summed E-state index contributed by atoms with van der Waals surface area (Å²) in [6.45, 7) is 4.65. The topological polar surface area (TPSA) is 57.7 Å². The first-order valence-electron chi connectivity index (χ1n) is 9.80. The molecule has 0 bridgehead atoms. The van der Waals surface area contributed by atoms with E-state index in [4.69, 9.17) is 4.74 Å². The summed E-state index contributed by atoms with van der Waals surface area (Å²) in [5, 5.41) is 2.92. The molecule has 0 spiro atoms. The number of aromatic nitrogens is 1. The Hall–Kier alpha value is -2.67. The number of piperazine rings is 1. The number of rotatable bonds is 5. The molecule has 1 unspecified atom stereocenters. The number of anilines is 2. The first-order chi connectivity index (χ1) is 13.7. The molecule has 1 N–H and O–H groups in total. The quantitative estimate of drug-likeness (QED) is 0.858. The van der Waals surface area contributed by atoms with Crippen molar-refractivity contribution >= 4 is 17.3 Å². The Labute approximate surface area is 164 Å². The van der Waals surface area contributed by atoms with Gasteiger partial charge < -0.3 is 19.9 Å². The Morgan fingerprint density at radius 1 is 1.11 bits per heavy atom. The van der Waals surface area contributed by atoms with Gasteiger partial charge in [-0.05, 0) is 49.2 Å². The van der Waals surface area contributed by atoms with Crippen LogP contribution in [0, 0.1) is 5.82 Å². The molecule has 1 atom stereocenters. The first kappa shape index (κ1) is 18.7. The van der Waals surface area contributed by atoms with E-state index in [0.717, 1.165) is 57.0 Å².